The summed E-state index contributed by atoms with van der Waals surface area (Å²) in [7, 11) is 1.60. The number of benzene rings is 1. The molecule has 0 bridgehead atoms. The molecule has 2 unspecified atom stereocenters. The molecule has 2 aromatic rings. The molecule has 1 saturated heterocycles. The Bertz CT molecular complexity index is 975. The number of methoxy groups -OCH3 is 1. The highest BCUT2D eigenvalue weighted by Gasteiger charge is 2.29. The van der Waals surface area contributed by atoms with Gasteiger partial charge < -0.3 is 19.9 Å². The molecule has 0 radical (unpaired) electrons. The summed E-state index contributed by atoms with van der Waals surface area (Å²) >= 11 is 7.50. The molecule has 2 amide bonds. The summed E-state index contributed by atoms with van der Waals surface area (Å²) in [6.07, 6.45) is 0.874. The number of carbonyl (C=O) groups is 2. The van der Waals surface area contributed by atoms with E-state index in [1.54, 1.807) is 37.4 Å². The monoisotopic (exact) mass is 491 g/mol. The molecule has 1 fully saturated rings. The van der Waals surface area contributed by atoms with Crippen LogP contribution in [0.25, 0.3) is 0 Å². The average Bonchev–Trinajstić information content (AvgIpc) is 2.82. The molecule has 2 atom stereocenters. The highest BCUT2D eigenvalue weighted by Crippen LogP contribution is 2.25. The Morgan fingerprint density at radius 3 is 2.64 bits per heavy atom. The first-order valence-corrected chi connectivity index (χ1v) is 12.3. The van der Waals surface area contributed by atoms with Gasteiger partial charge in [0, 0.05) is 43.3 Å². The van der Waals surface area contributed by atoms with E-state index in [-0.39, 0.29) is 29.7 Å². The van der Waals surface area contributed by atoms with Crippen LogP contribution in [0.4, 0.5) is 5.82 Å². The molecule has 1 aromatic heterocycles. The maximum Gasteiger partial charge on any atom is 0.254 e. The standard InChI is InChI=1S/C23H30ClN5O3S/c1-5-15(2)25-21(30)14-33-23-26-19(24)12-20(27-23)28-10-11-29(16(3)13-28)22(31)17-6-8-18(32-4)9-7-17/h6-9,12,15-16H,5,10-11,13-14H2,1-4H3,(H,25,30). The number of ether oxygens (including phenoxy) is 1. The van der Waals surface area contributed by atoms with Crippen molar-refractivity contribution in [3.05, 3.63) is 41.0 Å². The van der Waals surface area contributed by atoms with Crippen LogP contribution in [0.2, 0.25) is 5.15 Å². The van der Waals surface area contributed by atoms with E-state index in [1.165, 1.54) is 11.8 Å². The van der Waals surface area contributed by atoms with E-state index in [0.29, 0.717) is 41.3 Å². The highest BCUT2D eigenvalue weighted by molar-refractivity contribution is 7.99. The normalized spacial score (nSPS) is 16.9. The van der Waals surface area contributed by atoms with Crippen LogP contribution in [0.15, 0.2) is 35.5 Å². The molecule has 3 rings (SSSR count). The number of thioether (sulfide) groups is 1. The molecular weight excluding hydrogens is 462 g/mol. The van der Waals surface area contributed by atoms with Gasteiger partial charge in [-0.3, -0.25) is 9.59 Å². The molecule has 0 spiro atoms. The third-order valence-electron chi connectivity index (χ3n) is 5.56. The van der Waals surface area contributed by atoms with Gasteiger partial charge in [-0.05, 0) is 44.5 Å². The fourth-order valence-electron chi connectivity index (χ4n) is 3.53. The van der Waals surface area contributed by atoms with Crippen LogP contribution >= 0.6 is 23.4 Å². The van der Waals surface area contributed by atoms with Crippen LogP contribution in [-0.4, -0.2) is 71.3 Å². The molecular formula is C23H30ClN5O3S. The Morgan fingerprint density at radius 1 is 1.27 bits per heavy atom. The lowest BCUT2D eigenvalue weighted by Gasteiger charge is -2.40. The third-order valence-corrected chi connectivity index (χ3v) is 6.60. The number of anilines is 1. The highest BCUT2D eigenvalue weighted by atomic mass is 35.5. The first-order valence-electron chi connectivity index (χ1n) is 11.0. The number of amides is 2. The molecule has 2 heterocycles. The second-order valence-corrected chi connectivity index (χ2v) is 9.35. The van der Waals surface area contributed by atoms with Gasteiger partial charge in [0.25, 0.3) is 5.91 Å². The maximum atomic E-state index is 13.0. The summed E-state index contributed by atoms with van der Waals surface area (Å²) in [5, 5.41) is 3.72. The molecule has 33 heavy (non-hydrogen) atoms. The van der Waals surface area contributed by atoms with Crippen molar-refractivity contribution in [3.8, 4) is 5.75 Å². The minimum atomic E-state index is -0.0567. The number of rotatable bonds is 8. The van der Waals surface area contributed by atoms with Crippen LogP contribution in [-0.2, 0) is 4.79 Å². The number of nitrogens with one attached hydrogen (secondary N) is 1. The molecule has 0 aliphatic carbocycles. The van der Waals surface area contributed by atoms with Gasteiger partial charge in [-0.25, -0.2) is 9.97 Å². The summed E-state index contributed by atoms with van der Waals surface area (Å²) in [6, 6.07) is 8.99. The summed E-state index contributed by atoms with van der Waals surface area (Å²) in [5.74, 6) is 1.58. The first-order chi connectivity index (χ1) is 15.8. The van der Waals surface area contributed by atoms with Crippen LogP contribution in [0, 0.1) is 0 Å². The largest absolute Gasteiger partial charge is 0.497 e. The number of aromatic nitrogens is 2. The van der Waals surface area contributed by atoms with E-state index >= 15 is 0 Å². The van der Waals surface area contributed by atoms with Gasteiger partial charge in [0.2, 0.25) is 5.91 Å². The smallest absolute Gasteiger partial charge is 0.254 e. The Labute approximate surface area is 204 Å². The van der Waals surface area contributed by atoms with E-state index in [0.717, 1.165) is 12.2 Å². The van der Waals surface area contributed by atoms with Gasteiger partial charge >= 0.3 is 0 Å². The van der Waals surface area contributed by atoms with Crippen LogP contribution in [0.3, 0.4) is 0 Å². The first kappa shape index (κ1) is 25.1. The predicted octanol–water partition coefficient (Wildman–Crippen LogP) is 3.50. The molecule has 1 aliphatic heterocycles. The summed E-state index contributed by atoms with van der Waals surface area (Å²) in [5.41, 5.74) is 0.635. The van der Waals surface area contributed by atoms with Gasteiger partial charge in [-0.1, -0.05) is 30.3 Å². The van der Waals surface area contributed by atoms with Crippen molar-refractivity contribution in [1.82, 2.24) is 20.2 Å². The van der Waals surface area contributed by atoms with Gasteiger partial charge in [0.15, 0.2) is 5.16 Å². The average molecular weight is 492 g/mol. The van der Waals surface area contributed by atoms with Gasteiger partial charge in [-0.15, -0.1) is 0 Å². The topological polar surface area (TPSA) is 87.7 Å². The minimum absolute atomic E-state index is 0.00547. The number of carbonyl (C=O) groups excluding carboxylic acids is 2. The quantitative estimate of drug-likeness (QED) is 0.343. The molecule has 1 aliphatic rings. The van der Waals surface area contributed by atoms with E-state index < -0.39 is 0 Å². The van der Waals surface area contributed by atoms with Gasteiger partial charge in [0.05, 0.1) is 12.9 Å². The molecule has 1 aromatic carbocycles. The fourth-order valence-corrected chi connectivity index (χ4v) is 4.42. The number of piperazine rings is 1. The molecule has 178 valence electrons. The zero-order valence-corrected chi connectivity index (χ0v) is 20.9. The predicted molar refractivity (Wildman–Crippen MR) is 131 cm³/mol. The summed E-state index contributed by atoms with van der Waals surface area (Å²) < 4.78 is 5.17. The van der Waals surface area contributed by atoms with Crippen molar-refractivity contribution >= 4 is 41.0 Å². The summed E-state index contributed by atoms with van der Waals surface area (Å²) in [6.45, 7) is 7.82. The van der Waals surface area contributed by atoms with E-state index in [9.17, 15) is 9.59 Å². The molecule has 8 nitrogen and oxygen atoms in total. The van der Waals surface area contributed by atoms with Crippen molar-refractivity contribution in [2.45, 2.75) is 44.4 Å². The maximum absolute atomic E-state index is 13.0. The lowest BCUT2D eigenvalue weighted by molar-refractivity contribution is -0.119. The second-order valence-electron chi connectivity index (χ2n) is 8.02. The van der Waals surface area contributed by atoms with E-state index in [2.05, 4.69) is 20.2 Å². The summed E-state index contributed by atoms with van der Waals surface area (Å²) in [4.78, 5) is 37.9. The number of hydrogen-bond acceptors (Lipinski definition) is 7. The Morgan fingerprint density at radius 2 is 2.00 bits per heavy atom. The van der Waals surface area contributed by atoms with Crippen molar-refractivity contribution < 1.29 is 14.3 Å². The van der Waals surface area contributed by atoms with Crippen LogP contribution in [0.5, 0.6) is 5.75 Å². The lowest BCUT2D eigenvalue weighted by Crippen LogP contribution is -2.54. The van der Waals surface area contributed by atoms with Crippen molar-refractivity contribution in [1.29, 1.82) is 0 Å². The third kappa shape index (κ3) is 6.74. The zero-order chi connectivity index (χ0) is 24.0. The number of nitrogens with zero attached hydrogens (tertiary/aromatic N) is 4. The van der Waals surface area contributed by atoms with Crippen molar-refractivity contribution in [3.63, 3.8) is 0 Å². The van der Waals surface area contributed by atoms with Crippen molar-refractivity contribution in [2.75, 3.05) is 37.4 Å². The Balaban J connectivity index is 1.63. The minimum Gasteiger partial charge on any atom is -0.497 e. The lowest BCUT2D eigenvalue weighted by atomic mass is 10.1. The van der Waals surface area contributed by atoms with Gasteiger partial charge in [-0.2, -0.15) is 0 Å². The van der Waals surface area contributed by atoms with Crippen molar-refractivity contribution in [2.24, 2.45) is 0 Å². The van der Waals surface area contributed by atoms with Crippen LogP contribution in [0.1, 0.15) is 37.6 Å². The Kier molecular flexibility index (Phi) is 8.80. The van der Waals surface area contributed by atoms with Gasteiger partial charge in [0.1, 0.15) is 16.7 Å². The molecule has 10 heteroatoms. The number of halogens is 1. The van der Waals surface area contributed by atoms with E-state index in [1.807, 2.05) is 25.7 Å². The SMILES string of the molecule is CCC(C)NC(=O)CSc1nc(Cl)cc(N2CCN(C(=O)c3ccc(OC)cc3)C(C)C2)n1. The Hall–Kier alpha value is -2.52. The second kappa shape index (κ2) is 11.6. The zero-order valence-electron chi connectivity index (χ0n) is 19.4. The van der Waals surface area contributed by atoms with Crippen LogP contribution < -0.4 is 15.0 Å². The van der Waals surface area contributed by atoms with E-state index in [4.69, 9.17) is 16.3 Å². The molecule has 1 N–H and O–H groups in total. The fraction of sp³-hybridized carbons (Fsp3) is 0.478. The number of hydrogen-bond donors (Lipinski definition) is 1. The molecule has 0 saturated carbocycles.